The molecule has 0 spiro atoms. The third-order valence-electron chi connectivity index (χ3n) is 3.08. The molecule has 1 aromatic heterocycles. The van der Waals surface area contributed by atoms with Crippen molar-refractivity contribution in [3.05, 3.63) is 36.1 Å². The van der Waals surface area contributed by atoms with Crippen LogP contribution in [0.4, 0.5) is 0 Å². The van der Waals surface area contributed by atoms with E-state index in [0.717, 1.165) is 31.7 Å². The van der Waals surface area contributed by atoms with Crippen molar-refractivity contribution in [3.8, 4) is 0 Å². The highest BCUT2D eigenvalue weighted by Crippen LogP contribution is 2.20. The molecule has 2 aromatic rings. The second-order valence-electron chi connectivity index (χ2n) is 4.49. The quantitative estimate of drug-likeness (QED) is 0.726. The second-order valence-corrected chi connectivity index (χ2v) is 4.49. The fourth-order valence-corrected chi connectivity index (χ4v) is 2.07. The minimum Gasteiger partial charge on any atom is -0.464 e. The topological polar surface area (TPSA) is 34.4 Å². The van der Waals surface area contributed by atoms with E-state index in [-0.39, 0.29) is 0 Å². The summed E-state index contributed by atoms with van der Waals surface area (Å²) in [5, 5.41) is 4.67. The van der Waals surface area contributed by atoms with Crippen LogP contribution < -0.4 is 5.32 Å². The molecule has 1 heterocycles. The van der Waals surface area contributed by atoms with Gasteiger partial charge in [0.05, 0.1) is 6.26 Å². The lowest BCUT2D eigenvalue weighted by Crippen LogP contribution is -2.14. The molecule has 0 unspecified atom stereocenters. The first-order valence-electron chi connectivity index (χ1n) is 6.56. The zero-order chi connectivity index (χ0) is 12.6. The number of furan rings is 1. The van der Waals surface area contributed by atoms with Gasteiger partial charge in [-0.05, 0) is 31.9 Å². The van der Waals surface area contributed by atoms with Crippen molar-refractivity contribution in [2.75, 3.05) is 20.3 Å². The summed E-state index contributed by atoms with van der Waals surface area (Å²) in [5.74, 6) is 0. The highest BCUT2D eigenvalue weighted by Gasteiger charge is 2.03. The number of benzene rings is 1. The lowest BCUT2D eigenvalue weighted by molar-refractivity contribution is 0.192. The summed E-state index contributed by atoms with van der Waals surface area (Å²) in [4.78, 5) is 0. The number of nitrogens with one attached hydrogen (secondary N) is 1. The van der Waals surface area contributed by atoms with E-state index in [0.29, 0.717) is 0 Å². The minimum atomic E-state index is 0.867. The van der Waals surface area contributed by atoms with E-state index in [2.05, 4.69) is 11.4 Å². The molecule has 18 heavy (non-hydrogen) atoms. The first kappa shape index (κ1) is 13.1. The Balaban J connectivity index is 1.70. The molecule has 0 saturated heterocycles. The average Bonchev–Trinajstić information content (AvgIpc) is 2.81. The molecule has 98 valence electrons. The van der Waals surface area contributed by atoms with Gasteiger partial charge in [0.25, 0.3) is 0 Å². The van der Waals surface area contributed by atoms with E-state index in [9.17, 15) is 0 Å². The van der Waals surface area contributed by atoms with Crippen LogP contribution in [0.5, 0.6) is 0 Å². The second kappa shape index (κ2) is 7.19. The largest absolute Gasteiger partial charge is 0.464 e. The summed E-state index contributed by atoms with van der Waals surface area (Å²) < 4.78 is 10.5. The number of methoxy groups -OCH3 is 1. The van der Waals surface area contributed by atoms with Gasteiger partial charge in [-0.15, -0.1) is 0 Å². The molecule has 0 amide bonds. The Hall–Kier alpha value is -1.32. The molecule has 0 aliphatic carbocycles. The molecule has 2 rings (SSSR count). The normalized spacial score (nSPS) is 11.2. The maximum Gasteiger partial charge on any atom is 0.134 e. The van der Waals surface area contributed by atoms with Crippen LogP contribution in [0.3, 0.4) is 0 Å². The standard InChI is InChI=1S/C15H21NO2/c1-17-10-6-2-5-9-16-11-13-12-18-15-8-4-3-7-14(13)15/h3-4,7-8,12,16H,2,5-6,9-11H2,1H3. The number of hydrogen-bond acceptors (Lipinski definition) is 3. The van der Waals surface area contributed by atoms with Gasteiger partial charge in [-0.2, -0.15) is 0 Å². The van der Waals surface area contributed by atoms with Crippen molar-refractivity contribution in [1.82, 2.24) is 5.32 Å². The Labute approximate surface area is 108 Å². The van der Waals surface area contributed by atoms with Crippen LogP contribution >= 0.6 is 0 Å². The van der Waals surface area contributed by atoms with Gasteiger partial charge in [0, 0.05) is 31.2 Å². The average molecular weight is 247 g/mol. The Morgan fingerprint density at radius 2 is 2.06 bits per heavy atom. The zero-order valence-corrected chi connectivity index (χ0v) is 10.9. The van der Waals surface area contributed by atoms with E-state index in [1.54, 1.807) is 7.11 Å². The van der Waals surface area contributed by atoms with E-state index in [1.165, 1.54) is 23.8 Å². The van der Waals surface area contributed by atoms with Crippen LogP contribution in [0, 0.1) is 0 Å². The van der Waals surface area contributed by atoms with Crippen molar-refractivity contribution in [2.45, 2.75) is 25.8 Å². The maximum absolute atomic E-state index is 5.50. The Morgan fingerprint density at radius 1 is 1.17 bits per heavy atom. The predicted octanol–water partition coefficient (Wildman–Crippen LogP) is 3.34. The predicted molar refractivity (Wildman–Crippen MR) is 73.6 cm³/mol. The monoisotopic (exact) mass is 247 g/mol. The molecule has 1 N–H and O–H groups in total. The number of para-hydroxylation sites is 1. The summed E-state index contributed by atoms with van der Waals surface area (Å²) in [6, 6.07) is 8.16. The number of ether oxygens (including phenoxy) is 1. The molecular formula is C15H21NO2. The van der Waals surface area contributed by atoms with Crippen molar-refractivity contribution in [3.63, 3.8) is 0 Å². The molecule has 0 radical (unpaired) electrons. The molecule has 0 aliphatic rings. The number of unbranched alkanes of at least 4 members (excludes halogenated alkanes) is 2. The smallest absolute Gasteiger partial charge is 0.134 e. The highest BCUT2D eigenvalue weighted by atomic mass is 16.5. The van der Waals surface area contributed by atoms with Gasteiger partial charge in [-0.1, -0.05) is 18.2 Å². The van der Waals surface area contributed by atoms with Crippen molar-refractivity contribution >= 4 is 11.0 Å². The summed E-state index contributed by atoms with van der Waals surface area (Å²) in [7, 11) is 1.75. The van der Waals surface area contributed by atoms with Crippen molar-refractivity contribution in [1.29, 1.82) is 0 Å². The van der Waals surface area contributed by atoms with Crippen molar-refractivity contribution in [2.24, 2.45) is 0 Å². The van der Waals surface area contributed by atoms with Crippen LogP contribution in [0.1, 0.15) is 24.8 Å². The Kier molecular flexibility index (Phi) is 5.24. The molecule has 0 aliphatic heterocycles. The first-order valence-corrected chi connectivity index (χ1v) is 6.56. The van der Waals surface area contributed by atoms with E-state index < -0.39 is 0 Å². The third kappa shape index (κ3) is 3.59. The number of fused-ring (bicyclic) bond motifs is 1. The van der Waals surface area contributed by atoms with Crippen LogP contribution in [-0.4, -0.2) is 20.3 Å². The Morgan fingerprint density at radius 3 is 2.94 bits per heavy atom. The maximum atomic E-state index is 5.50. The van der Waals surface area contributed by atoms with Gasteiger partial charge in [-0.25, -0.2) is 0 Å². The van der Waals surface area contributed by atoms with Crippen LogP contribution in [0.15, 0.2) is 34.9 Å². The fourth-order valence-electron chi connectivity index (χ4n) is 2.07. The van der Waals surface area contributed by atoms with Crippen LogP contribution in [0.2, 0.25) is 0 Å². The fraction of sp³-hybridized carbons (Fsp3) is 0.467. The third-order valence-corrected chi connectivity index (χ3v) is 3.08. The molecular weight excluding hydrogens is 226 g/mol. The van der Waals surface area contributed by atoms with Gasteiger partial charge >= 0.3 is 0 Å². The summed E-state index contributed by atoms with van der Waals surface area (Å²) in [6.45, 7) is 2.79. The molecule has 0 saturated carbocycles. The summed E-state index contributed by atoms with van der Waals surface area (Å²) in [6.07, 6.45) is 5.40. The zero-order valence-electron chi connectivity index (χ0n) is 10.9. The summed E-state index contributed by atoms with van der Waals surface area (Å²) >= 11 is 0. The van der Waals surface area contributed by atoms with Crippen LogP contribution in [0.25, 0.3) is 11.0 Å². The first-order chi connectivity index (χ1) is 8.92. The highest BCUT2D eigenvalue weighted by molar-refractivity contribution is 5.80. The molecule has 3 nitrogen and oxygen atoms in total. The molecule has 0 atom stereocenters. The molecule has 0 fully saturated rings. The molecule has 1 aromatic carbocycles. The SMILES string of the molecule is COCCCCCNCc1coc2ccccc12. The van der Waals surface area contributed by atoms with Gasteiger partial charge in [-0.3, -0.25) is 0 Å². The molecule has 3 heteroatoms. The summed E-state index contributed by atoms with van der Waals surface area (Å²) in [5.41, 5.74) is 2.21. The minimum absolute atomic E-state index is 0.867. The van der Waals surface area contributed by atoms with Crippen LogP contribution in [-0.2, 0) is 11.3 Å². The van der Waals surface area contributed by atoms with Gasteiger partial charge < -0.3 is 14.5 Å². The van der Waals surface area contributed by atoms with Gasteiger partial charge in [0.1, 0.15) is 5.58 Å². The van der Waals surface area contributed by atoms with E-state index in [1.807, 2.05) is 24.5 Å². The van der Waals surface area contributed by atoms with Gasteiger partial charge in [0.15, 0.2) is 0 Å². The van der Waals surface area contributed by atoms with Gasteiger partial charge in [0.2, 0.25) is 0 Å². The van der Waals surface area contributed by atoms with E-state index in [4.69, 9.17) is 9.15 Å². The van der Waals surface area contributed by atoms with E-state index >= 15 is 0 Å². The number of rotatable bonds is 8. The lowest BCUT2D eigenvalue weighted by Gasteiger charge is -2.03. The lowest BCUT2D eigenvalue weighted by atomic mass is 10.2. The molecule has 0 bridgehead atoms. The Bertz CT molecular complexity index is 464. The van der Waals surface area contributed by atoms with Crippen molar-refractivity contribution < 1.29 is 9.15 Å². The number of hydrogen-bond donors (Lipinski definition) is 1.